The molecule has 0 unspecified atom stereocenters. The Hall–Kier alpha value is -2.89. The van der Waals surface area contributed by atoms with E-state index in [1.807, 2.05) is 0 Å². The first-order valence-corrected chi connectivity index (χ1v) is 7.06. The van der Waals surface area contributed by atoms with Crippen molar-refractivity contribution in [2.24, 2.45) is 0 Å². The molecule has 0 aliphatic carbocycles. The van der Waals surface area contributed by atoms with Gasteiger partial charge in [-0.3, -0.25) is 14.2 Å². The number of aromatic nitrogens is 1. The number of carboxylic acid groups (broad SMARTS) is 1. The molecule has 6 nitrogen and oxygen atoms in total. The number of nitrogens with zero attached hydrogens (tertiary/aromatic N) is 2. The van der Waals surface area contributed by atoms with Crippen molar-refractivity contribution >= 4 is 11.9 Å². The number of carbonyl (C=O) groups excluding carboxylic acids is 1. The van der Waals surface area contributed by atoms with Crippen LogP contribution in [-0.2, 0) is 11.2 Å². The third-order valence-electron chi connectivity index (χ3n) is 3.58. The molecule has 0 aliphatic rings. The summed E-state index contributed by atoms with van der Waals surface area (Å²) in [5.41, 5.74) is 0.991. The molecule has 1 N–H and O–H groups in total. The van der Waals surface area contributed by atoms with Gasteiger partial charge in [-0.25, -0.2) is 4.79 Å². The standard InChI is InChI=1S/C17H18N2O4/c1-11-8-9-19(16(21)15(11)17(22)23)13-6-4-12(5-7-13)10-14(20)18(2)3/h4-9H,10H2,1-3H3,(H,22,23). The summed E-state index contributed by atoms with van der Waals surface area (Å²) >= 11 is 0. The number of amides is 1. The highest BCUT2D eigenvalue weighted by Gasteiger charge is 2.15. The van der Waals surface area contributed by atoms with E-state index in [-0.39, 0.29) is 17.9 Å². The molecule has 0 aliphatic heterocycles. The van der Waals surface area contributed by atoms with E-state index in [1.165, 1.54) is 9.47 Å². The molecule has 1 aromatic carbocycles. The fourth-order valence-corrected chi connectivity index (χ4v) is 2.20. The molecule has 0 spiro atoms. The smallest absolute Gasteiger partial charge is 0.341 e. The van der Waals surface area contributed by atoms with Gasteiger partial charge in [0.2, 0.25) is 5.91 Å². The van der Waals surface area contributed by atoms with Gasteiger partial charge in [-0.05, 0) is 36.2 Å². The molecule has 0 saturated carbocycles. The number of aromatic carboxylic acids is 1. The van der Waals surface area contributed by atoms with E-state index in [4.69, 9.17) is 5.11 Å². The zero-order valence-corrected chi connectivity index (χ0v) is 13.2. The van der Waals surface area contributed by atoms with Crippen molar-refractivity contribution < 1.29 is 14.7 Å². The van der Waals surface area contributed by atoms with Crippen LogP contribution in [0.5, 0.6) is 0 Å². The van der Waals surface area contributed by atoms with Crippen molar-refractivity contribution in [3.05, 3.63) is 63.6 Å². The third-order valence-corrected chi connectivity index (χ3v) is 3.58. The molecule has 23 heavy (non-hydrogen) atoms. The van der Waals surface area contributed by atoms with Crippen LogP contribution in [0.15, 0.2) is 41.3 Å². The van der Waals surface area contributed by atoms with Gasteiger partial charge in [0, 0.05) is 26.0 Å². The van der Waals surface area contributed by atoms with Gasteiger partial charge in [-0.15, -0.1) is 0 Å². The van der Waals surface area contributed by atoms with E-state index in [0.717, 1.165) is 5.56 Å². The zero-order chi connectivity index (χ0) is 17.1. The van der Waals surface area contributed by atoms with Crippen LogP contribution in [0, 0.1) is 6.92 Å². The van der Waals surface area contributed by atoms with E-state index >= 15 is 0 Å². The van der Waals surface area contributed by atoms with Crippen molar-refractivity contribution in [1.29, 1.82) is 0 Å². The second-order valence-electron chi connectivity index (χ2n) is 5.49. The molecule has 1 heterocycles. The maximum atomic E-state index is 12.3. The van der Waals surface area contributed by atoms with Crippen LogP contribution in [0.1, 0.15) is 21.5 Å². The van der Waals surface area contributed by atoms with Gasteiger partial charge in [0.25, 0.3) is 5.56 Å². The molecule has 0 atom stereocenters. The molecule has 0 radical (unpaired) electrons. The highest BCUT2D eigenvalue weighted by Crippen LogP contribution is 2.11. The number of aryl methyl sites for hydroxylation is 1. The molecule has 0 saturated heterocycles. The second-order valence-corrected chi connectivity index (χ2v) is 5.49. The Bertz CT molecular complexity index is 804. The minimum Gasteiger partial charge on any atom is -0.477 e. The number of pyridine rings is 1. The van der Waals surface area contributed by atoms with E-state index in [0.29, 0.717) is 11.3 Å². The van der Waals surface area contributed by atoms with E-state index < -0.39 is 11.5 Å². The SMILES string of the molecule is Cc1ccn(-c2ccc(CC(=O)N(C)C)cc2)c(=O)c1C(=O)O. The number of carboxylic acids is 1. The topological polar surface area (TPSA) is 79.6 Å². The van der Waals surface area contributed by atoms with Gasteiger partial charge in [-0.2, -0.15) is 0 Å². The van der Waals surface area contributed by atoms with Gasteiger partial charge in [0.05, 0.1) is 6.42 Å². The van der Waals surface area contributed by atoms with E-state index in [1.54, 1.807) is 57.5 Å². The molecule has 0 bridgehead atoms. The summed E-state index contributed by atoms with van der Waals surface area (Å²) in [5.74, 6) is -1.26. The van der Waals surface area contributed by atoms with Crippen molar-refractivity contribution in [3.63, 3.8) is 0 Å². The van der Waals surface area contributed by atoms with Crippen molar-refractivity contribution in [2.75, 3.05) is 14.1 Å². The number of likely N-dealkylation sites (N-methyl/N-ethyl adjacent to an activating group) is 1. The van der Waals surface area contributed by atoms with Crippen LogP contribution < -0.4 is 5.56 Å². The largest absolute Gasteiger partial charge is 0.477 e. The maximum Gasteiger partial charge on any atom is 0.341 e. The summed E-state index contributed by atoms with van der Waals surface area (Å²) in [5, 5.41) is 9.16. The van der Waals surface area contributed by atoms with E-state index in [9.17, 15) is 14.4 Å². The summed E-state index contributed by atoms with van der Waals surface area (Å²) in [6.07, 6.45) is 1.82. The number of hydrogen-bond donors (Lipinski definition) is 1. The highest BCUT2D eigenvalue weighted by atomic mass is 16.4. The number of benzene rings is 1. The summed E-state index contributed by atoms with van der Waals surface area (Å²) < 4.78 is 1.29. The maximum absolute atomic E-state index is 12.3. The van der Waals surface area contributed by atoms with Crippen LogP contribution in [-0.4, -0.2) is 40.5 Å². The highest BCUT2D eigenvalue weighted by molar-refractivity contribution is 5.88. The fraction of sp³-hybridized carbons (Fsp3) is 0.235. The fourth-order valence-electron chi connectivity index (χ4n) is 2.20. The first kappa shape index (κ1) is 16.5. The molecule has 1 aromatic heterocycles. The van der Waals surface area contributed by atoms with Gasteiger partial charge in [0.15, 0.2) is 0 Å². The molecular weight excluding hydrogens is 296 g/mol. The third kappa shape index (κ3) is 3.48. The molecule has 0 fully saturated rings. The lowest BCUT2D eigenvalue weighted by Crippen LogP contribution is -2.26. The lowest BCUT2D eigenvalue weighted by Gasteiger charge is -2.11. The second kappa shape index (κ2) is 6.48. The van der Waals surface area contributed by atoms with Gasteiger partial charge in [-0.1, -0.05) is 12.1 Å². The minimum atomic E-state index is -1.24. The first-order valence-electron chi connectivity index (χ1n) is 7.06. The van der Waals surface area contributed by atoms with Gasteiger partial charge >= 0.3 is 5.97 Å². The summed E-state index contributed by atoms with van der Waals surface area (Å²) in [4.78, 5) is 36.7. The Labute approximate surface area is 133 Å². The zero-order valence-electron chi connectivity index (χ0n) is 13.2. The molecule has 1 amide bonds. The summed E-state index contributed by atoms with van der Waals surface area (Å²) in [7, 11) is 3.38. The van der Waals surface area contributed by atoms with Crippen LogP contribution in [0.25, 0.3) is 5.69 Å². The van der Waals surface area contributed by atoms with Crippen LogP contribution in [0.2, 0.25) is 0 Å². The van der Waals surface area contributed by atoms with Crippen LogP contribution in [0.3, 0.4) is 0 Å². The Morgan fingerprint density at radius 1 is 1.13 bits per heavy atom. The number of rotatable bonds is 4. The lowest BCUT2D eigenvalue weighted by atomic mass is 10.1. The Balaban J connectivity index is 2.37. The first-order chi connectivity index (χ1) is 10.8. The normalized spacial score (nSPS) is 10.4. The lowest BCUT2D eigenvalue weighted by molar-refractivity contribution is -0.127. The Morgan fingerprint density at radius 2 is 1.74 bits per heavy atom. The van der Waals surface area contributed by atoms with Gasteiger partial charge in [0.1, 0.15) is 5.56 Å². The number of carbonyl (C=O) groups is 2. The summed E-state index contributed by atoms with van der Waals surface area (Å²) in [6.45, 7) is 1.59. The van der Waals surface area contributed by atoms with Gasteiger partial charge < -0.3 is 10.0 Å². The monoisotopic (exact) mass is 314 g/mol. The van der Waals surface area contributed by atoms with Crippen molar-refractivity contribution in [3.8, 4) is 5.69 Å². The molecule has 120 valence electrons. The quantitative estimate of drug-likeness (QED) is 0.927. The Kier molecular flexibility index (Phi) is 4.64. The molecule has 2 aromatic rings. The van der Waals surface area contributed by atoms with Crippen molar-refractivity contribution in [2.45, 2.75) is 13.3 Å². The van der Waals surface area contributed by atoms with Crippen LogP contribution >= 0.6 is 0 Å². The van der Waals surface area contributed by atoms with E-state index in [2.05, 4.69) is 0 Å². The molecule has 6 heteroatoms. The minimum absolute atomic E-state index is 0.0154. The Morgan fingerprint density at radius 3 is 2.26 bits per heavy atom. The molecular formula is C17H18N2O4. The molecule has 2 rings (SSSR count). The van der Waals surface area contributed by atoms with Crippen molar-refractivity contribution in [1.82, 2.24) is 9.47 Å². The predicted octanol–water partition coefficient (Wildman–Crippen LogP) is 1.47. The van der Waals surface area contributed by atoms with Crippen LogP contribution in [0.4, 0.5) is 0 Å². The number of hydrogen-bond acceptors (Lipinski definition) is 3. The average molecular weight is 314 g/mol. The average Bonchev–Trinajstić information content (AvgIpc) is 2.48. The predicted molar refractivity (Wildman–Crippen MR) is 86.1 cm³/mol. The summed E-state index contributed by atoms with van der Waals surface area (Å²) in [6, 6.07) is 8.49.